The summed E-state index contributed by atoms with van der Waals surface area (Å²) in [4.78, 5) is 4.40. The quantitative estimate of drug-likeness (QED) is 0.799. The first kappa shape index (κ1) is 11.1. The molecule has 0 amide bonds. The molecule has 0 spiro atoms. The Hall–Kier alpha value is -1.35. The highest BCUT2D eigenvalue weighted by atomic mass is 79.9. The summed E-state index contributed by atoms with van der Waals surface area (Å²) in [6.07, 6.45) is 1.88. The van der Waals surface area contributed by atoms with Crippen LogP contribution in [0.3, 0.4) is 0 Å². The van der Waals surface area contributed by atoms with E-state index in [4.69, 9.17) is 4.74 Å². The number of alkyl halides is 1. The Bertz CT molecular complexity index is 405. The molecule has 2 rings (SSSR count). The summed E-state index contributed by atoms with van der Waals surface area (Å²) in [5.41, 5.74) is 3.26. The first-order chi connectivity index (χ1) is 7.83. The van der Waals surface area contributed by atoms with Crippen molar-refractivity contribution in [3.63, 3.8) is 0 Å². The van der Waals surface area contributed by atoms with Crippen molar-refractivity contribution >= 4 is 15.9 Å². The average Bonchev–Trinajstić information content (AvgIpc) is 2.39. The Balaban J connectivity index is 2.28. The lowest BCUT2D eigenvalue weighted by atomic mass is 10.1. The zero-order valence-corrected chi connectivity index (χ0v) is 10.6. The highest BCUT2D eigenvalue weighted by Crippen LogP contribution is 2.20. The maximum Gasteiger partial charge on any atom is 0.118 e. The predicted molar refractivity (Wildman–Crippen MR) is 68.9 cm³/mol. The van der Waals surface area contributed by atoms with E-state index in [1.54, 1.807) is 7.11 Å². The fraction of sp³-hybridized carbons (Fsp3) is 0.154. The zero-order valence-electron chi connectivity index (χ0n) is 8.98. The van der Waals surface area contributed by atoms with E-state index in [9.17, 15) is 0 Å². The van der Waals surface area contributed by atoms with E-state index in [2.05, 4.69) is 27.0 Å². The average molecular weight is 278 g/mol. The van der Waals surface area contributed by atoms with Crippen LogP contribution in [0, 0.1) is 0 Å². The minimum atomic E-state index is 0.836. The Morgan fingerprint density at radius 1 is 1.12 bits per heavy atom. The summed E-state index contributed by atoms with van der Waals surface area (Å²) >= 11 is 3.40. The fourth-order valence-corrected chi connectivity index (χ4v) is 1.77. The Kier molecular flexibility index (Phi) is 3.57. The molecule has 2 aromatic rings. The van der Waals surface area contributed by atoms with Crippen LogP contribution in [0.1, 0.15) is 5.56 Å². The van der Waals surface area contributed by atoms with Gasteiger partial charge in [-0.2, -0.15) is 0 Å². The number of ether oxygens (including phenoxy) is 1. The van der Waals surface area contributed by atoms with E-state index in [1.807, 2.05) is 36.5 Å². The Morgan fingerprint density at radius 2 is 1.88 bits per heavy atom. The molecule has 0 bridgehead atoms. The number of methoxy groups -OCH3 is 1. The van der Waals surface area contributed by atoms with Crippen molar-refractivity contribution in [2.75, 3.05) is 7.11 Å². The van der Waals surface area contributed by atoms with Crippen LogP contribution in [0.5, 0.6) is 5.75 Å². The lowest BCUT2D eigenvalue weighted by molar-refractivity contribution is 0.415. The van der Waals surface area contributed by atoms with Crippen molar-refractivity contribution in [1.29, 1.82) is 0 Å². The van der Waals surface area contributed by atoms with Gasteiger partial charge in [-0.1, -0.05) is 22.0 Å². The summed E-state index contributed by atoms with van der Waals surface area (Å²) in [6.45, 7) is 0. The van der Waals surface area contributed by atoms with Crippen LogP contribution in [0.2, 0.25) is 0 Å². The number of aromatic nitrogens is 1. The lowest BCUT2D eigenvalue weighted by Gasteiger charge is -2.03. The molecule has 0 saturated carbocycles. The SMILES string of the molecule is COc1ccc(-c2ccc(CBr)cn2)cc1. The molecule has 0 radical (unpaired) electrons. The molecule has 2 nitrogen and oxygen atoms in total. The lowest BCUT2D eigenvalue weighted by Crippen LogP contribution is -1.86. The van der Waals surface area contributed by atoms with Crippen molar-refractivity contribution in [2.24, 2.45) is 0 Å². The molecule has 0 saturated heterocycles. The van der Waals surface area contributed by atoms with Gasteiger partial charge in [-0.25, -0.2) is 0 Å². The molecule has 0 unspecified atom stereocenters. The van der Waals surface area contributed by atoms with Gasteiger partial charge in [-0.05, 0) is 35.9 Å². The number of pyridine rings is 1. The van der Waals surface area contributed by atoms with Gasteiger partial charge in [0.25, 0.3) is 0 Å². The van der Waals surface area contributed by atoms with Gasteiger partial charge in [-0.15, -0.1) is 0 Å². The number of hydrogen-bond donors (Lipinski definition) is 0. The number of halogens is 1. The Morgan fingerprint density at radius 3 is 2.38 bits per heavy atom. The van der Waals surface area contributed by atoms with Gasteiger partial charge >= 0.3 is 0 Å². The fourth-order valence-electron chi connectivity index (χ4n) is 1.44. The van der Waals surface area contributed by atoms with Gasteiger partial charge < -0.3 is 4.74 Å². The molecule has 1 aromatic heterocycles. The second kappa shape index (κ2) is 5.12. The molecule has 0 N–H and O–H groups in total. The van der Waals surface area contributed by atoms with Gasteiger partial charge in [-0.3, -0.25) is 4.98 Å². The molecule has 16 heavy (non-hydrogen) atoms. The molecular formula is C13H12BrNO. The molecule has 0 aliphatic carbocycles. The van der Waals surface area contributed by atoms with Crippen molar-refractivity contribution in [3.8, 4) is 17.0 Å². The van der Waals surface area contributed by atoms with Gasteiger partial charge in [0, 0.05) is 17.1 Å². The molecule has 0 aliphatic rings. The van der Waals surface area contributed by atoms with Crippen molar-refractivity contribution < 1.29 is 4.74 Å². The highest BCUT2D eigenvalue weighted by molar-refractivity contribution is 9.08. The number of benzene rings is 1. The van der Waals surface area contributed by atoms with E-state index in [1.165, 1.54) is 5.56 Å². The van der Waals surface area contributed by atoms with Gasteiger partial charge in [0.1, 0.15) is 5.75 Å². The summed E-state index contributed by atoms with van der Waals surface area (Å²) in [7, 11) is 1.66. The minimum absolute atomic E-state index is 0.836. The summed E-state index contributed by atoms with van der Waals surface area (Å²) in [5, 5.41) is 0.836. The molecule has 0 aliphatic heterocycles. The van der Waals surface area contributed by atoms with Crippen LogP contribution in [0.15, 0.2) is 42.6 Å². The monoisotopic (exact) mass is 277 g/mol. The van der Waals surface area contributed by atoms with Gasteiger partial charge in [0.15, 0.2) is 0 Å². The highest BCUT2D eigenvalue weighted by Gasteiger charge is 1.99. The second-order valence-electron chi connectivity index (χ2n) is 3.41. The largest absolute Gasteiger partial charge is 0.497 e. The van der Waals surface area contributed by atoms with E-state index < -0.39 is 0 Å². The summed E-state index contributed by atoms with van der Waals surface area (Å²) in [6, 6.07) is 12.0. The van der Waals surface area contributed by atoms with Crippen molar-refractivity contribution in [1.82, 2.24) is 4.98 Å². The number of hydrogen-bond acceptors (Lipinski definition) is 2. The van der Waals surface area contributed by atoms with Crippen LogP contribution in [0.25, 0.3) is 11.3 Å². The third-order valence-corrected chi connectivity index (χ3v) is 3.01. The maximum absolute atomic E-state index is 5.11. The summed E-state index contributed by atoms with van der Waals surface area (Å²) < 4.78 is 5.11. The van der Waals surface area contributed by atoms with Crippen LogP contribution in [0.4, 0.5) is 0 Å². The van der Waals surface area contributed by atoms with Gasteiger partial charge in [0.05, 0.1) is 12.8 Å². The first-order valence-corrected chi connectivity index (χ1v) is 6.11. The molecule has 0 fully saturated rings. The standard InChI is InChI=1S/C13H12BrNO/c1-16-12-5-3-11(4-6-12)13-7-2-10(8-14)9-15-13/h2-7,9H,8H2,1H3. The molecular weight excluding hydrogens is 266 g/mol. The van der Waals surface area contributed by atoms with Crippen molar-refractivity contribution in [3.05, 3.63) is 48.2 Å². The van der Waals surface area contributed by atoms with Crippen LogP contribution in [-0.4, -0.2) is 12.1 Å². The van der Waals surface area contributed by atoms with E-state index in [0.717, 1.165) is 22.3 Å². The van der Waals surface area contributed by atoms with Gasteiger partial charge in [0.2, 0.25) is 0 Å². The topological polar surface area (TPSA) is 22.1 Å². The molecule has 0 atom stereocenters. The second-order valence-corrected chi connectivity index (χ2v) is 3.97. The van der Waals surface area contributed by atoms with E-state index >= 15 is 0 Å². The van der Waals surface area contributed by atoms with Crippen molar-refractivity contribution in [2.45, 2.75) is 5.33 Å². The van der Waals surface area contributed by atoms with Crippen LogP contribution < -0.4 is 4.74 Å². The van der Waals surface area contributed by atoms with E-state index in [-0.39, 0.29) is 0 Å². The molecule has 82 valence electrons. The molecule has 1 aromatic carbocycles. The molecule has 3 heteroatoms. The third-order valence-electron chi connectivity index (χ3n) is 2.36. The normalized spacial score (nSPS) is 10.1. The third kappa shape index (κ3) is 2.42. The first-order valence-electron chi connectivity index (χ1n) is 4.99. The minimum Gasteiger partial charge on any atom is -0.497 e. The number of rotatable bonds is 3. The zero-order chi connectivity index (χ0) is 11.4. The smallest absolute Gasteiger partial charge is 0.118 e. The van der Waals surface area contributed by atoms with Crippen LogP contribution >= 0.6 is 15.9 Å². The predicted octanol–water partition coefficient (Wildman–Crippen LogP) is 3.65. The van der Waals surface area contributed by atoms with E-state index in [0.29, 0.717) is 0 Å². The maximum atomic E-state index is 5.11. The summed E-state index contributed by atoms with van der Waals surface area (Å²) in [5.74, 6) is 0.862. The van der Waals surface area contributed by atoms with Crippen LogP contribution in [-0.2, 0) is 5.33 Å². The number of nitrogens with zero attached hydrogens (tertiary/aromatic N) is 1. The molecule has 1 heterocycles. The Labute approximate surface area is 103 Å².